The molecule has 1 N–H and O–H groups in total. The molecule has 1 unspecified atom stereocenters. The van der Waals surface area contributed by atoms with Crippen molar-refractivity contribution in [3.63, 3.8) is 0 Å². The molecule has 1 aromatic rings. The molecular formula is C11H18N2OS. The zero-order valence-electron chi connectivity index (χ0n) is 9.53. The summed E-state index contributed by atoms with van der Waals surface area (Å²) in [6, 6.07) is 0.697. The van der Waals surface area contributed by atoms with Gasteiger partial charge in [-0.15, -0.1) is 0 Å². The van der Waals surface area contributed by atoms with Gasteiger partial charge in [0.1, 0.15) is 0 Å². The van der Waals surface area contributed by atoms with Gasteiger partial charge in [0.15, 0.2) is 5.13 Å². The molecule has 3 nitrogen and oxygen atoms in total. The van der Waals surface area contributed by atoms with Gasteiger partial charge >= 0.3 is 0 Å². The van der Waals surface area contributed by atoms with E-state index in [1.165, 1.54) is 12.8 Å². The zero-order chi connectivity index (χ0) is 11.0. The van der Waals surface area contributed by atoms with Gasteiger partial charge in [0.25, 0.3) is 0 Å². The van der Waals surface area contributed by atoms with Crippen molar-refractivity contribution in [2.75, 3.05) is 11.4 Å². The van der Waals surface area contributed by atoms with E-state index in [-0.39, 0.29) is 0 Å². The summed E-state index contributed by atoms with van der Waals surface area (Å²) >= 11 is 1.63. The molecule has 1 aromatic heterocycles. The Bertz CT molecular complexity index is 344. The van der Waals surface area contributed by atoms with Crippen molar-refractivity contribution in [2.45, 2.75) is 45.8 Å². The molecule has 15 heavy (non-hydrogen) atoms. The van der Waals surface area contributed by atoms with Crippen LogP contribution in [-0.2, 0) is 0 Å². The molecule has 1 heterocycles. The van der Waals surface area contributed by atoms with Crippen molar-refractivity contribution >= 4 is 16.5 Å². The Morgan fingerprint density at radius 1 is 1.60 bits per heavy atom. The van der Waals surface area contributed by atoms with Crippen LogP contribution in [0, 0.1) is 6.92 Å². The highest BCUT2D eigenvalue weighted by Crippen LogP contribution is 2.36. The summed E-state index contributed by atoms with van der Waals surface area (Å²) in [7, 11) is 0. The van der Waals surface area contributed by atoms with Crippen molar-refractivity contribution in [1.82, 2.24) is 4.98 Å². The first-order chi connectivity index (χ1) is 7.13. The van der Waals surface area contributed by atoms with Gasteiger partial charge in [0, 0.05) is 12.6 Å². The number of aromatic nitrogens is 1. The maximum Gasteiger partial charge on any atom is 0.186 e. The lowest BCUT2D eigenvalue weighted by molar-refractivity contribution is 0.202. The molecular weight excluding hydrogens is 208 g/mol. The molecule has 4 heteroatoms. The highest BCUT2D eigenvalue weighted by atomic mass is 32.1. The van der Waals surface area contributed by atoms with Gasteiger partial charge in [-0.2, -0.15) is 0 Å². The van der Waals surface area contributed by atoms with Gasteiger partial charge in [-0.25, -0.2) is 4.98 Å². The van der Waals surface area contributed by atoms with Crippen LogP contribution in [-0.4, -0.2) is 22.7 Å². The lowest BCUT2D eigenvalue weighted by atomic mass is 10.3. The van der Waals surface area contributed by atoms with Crippen molar-refractivity contribution in [3.8, 4) is 0 Å². The van der Waals surface area contributed by atoms with Gasteiger partial charge in [-0.05, 0) is 33.6 Å². The van der Waals surface area contributed by atoms with Crippen LogP contribution in [0.1, 0.15) is 43.4 Å². The van der Waals surface area contributed by atoms with E-state index in [0.29, 0.717) is 6.04 Å². The van der Waals surface area contributed by atoms with Gasteiger partial charge in [0.05, 0.1) is 16.7 Å². The average Bonchev–Trinajstić information content (AvgIpc) is 2.91. The molecule has 1 aliphatic carbocycles. The minimum Gasteiger partial charge on any atom is -0.388 e. The number of rotatable bonds is 4. The minimum atomic E-state index is -0.394. The summed E-state index contributed by atoms with van der Waals surface area (Å²) in [5, 5.41) is 10.7. The van der Waals surface area contributed by atoms with Crippen LogP contribution in [0.4, 0.5) is 5.13 Å². The van der Waals surface area contributed by atoms with E-state index < -0.39 is 6.10 Å². The van der Waals surface area contributed by atoms with E-state index in [1.54, 1.807) is 18.3 Å². The first kappa shape index (κ1) is 10.9. The smallest absolute Gasteiger partial charge is 0.186 e. The van der Waals surface area contributed by atoms with E-state index in [2.05, 4.69) is 16.8 Å². The van der Waals surface area contributed by atoms with E-state index in [1.807, 2.05) is 6.92 Å². The third-order valence-corrected chi connectivity index (χ3v) is 4.14. The number of thiazole rings is 1. The third-order valence-electron chi connectivity index (χ3n) is 2.77. The number of anilines is 1. The maximum absolute atomic E-state index is 9.58. The monoisotopic (exact) mass is 226 g/mol. The first-order valence-corrected chi connectivity index (χ1v) is 6.37. The fraction of sp³-hybridized carbons (Fsp3) is 0.727. The second-order valence-electron chi connectivity index (χ2n) is 4.14. The molecule has 0 amide bonds. The lowest BCUT2D eigenvalue weighted by Crippen LogP contribution is -2.24. The van der Waals surface area contributed by atoms with E-state index in [0.717, 1.165) is 22.2 Å². The molecule has 0 aliphatic heterocycles. The number of hydrogen-bond acceptors (Lipinski definition) is 4. The summed E-state index contributed by atoms with van der Waals surface area (Å²) in [6.07, 6.45) is 2.18. The maximum atomic E-state index is 9.58. The average molecular weight is 226 g/mol. The second-order valence-corrected chi connectivity index (χ2v) is 5.15. The van der Waals surface area contributed by atoms with Gasteiger partial charge in [-0.3, -0.25) is 0 Å². The van der Waals surface area contributed by atoms with Crippen LogP contribution in [0.25, 0.3) is 0 Å². The van der Waals surface area contributed by atoms with Gasteiger partial charge in [0.2, 0.25) is 0 Å². The van der Waals surface area contributed by atoms with Crippen molar-refractivity contribution in [3.05, 3.63) is 10.6 Å². The number of aryl methyl sites for hydroxylation is 1. The van der Waals surface area contributed by atoms with Crippen LogP contribution in [0.2, 0.25) is 0 Å². The molecule has 2 rings (SSSR count). The highest BCUT2D eigenvalue weighted by Gasteiger charge is 2.30. The third kappa shape index (κ3) is 2.16. The summed E-state index contributed by atoms with van der Waals surface area (Å²) in [6.45, 7) is 6.95. The topological polar surface area (TPSA) is 36.4 Å². The Morgan fingerprint density at radius 2 is 2.27 bits per heavy atom. The summed E-state index contributed by atoms with van der Waals surface area (Å²) in [5.74, 6) is 0. The number of hydrogen-bond donors (Lipinski definition) is 1. The molecule has 1 aliphatic rings. The second kappa shape index (κ2) is 4.10. The summed E-state index contributed by atoms with van der Waals surface area (Å²) in [4.78, 5) is 7.90. The Labute approximate surface area is 94.8 Å². The van der Waals surface area contributed by atoms with Crippen molar-refractivity contribution in [1.29, 1.82) is 0 Å². The molecule has 84 valence electrons. The van der Waals surface area contributed by atoms with E-state index in [9.17, 15) is 5.11 Å². The Hall–Kier alpha value is -0.610. The number of aliphatic hydroxyl groups is 1. The quantitative estimate of drug-likeness (QED) is 0.857. The first-order valence-electron chi connectivity index (χ1n) is 5.55. The molecule has 1 saturated carbocycles. The predicted molar refractivity (Wildman–Crippen MR) is 63.5 cm³/mol. The van der Waals surface area contributed by atoms with E-state index in [4.69, 9.17) is 0 Å². The summed E-state index contributed by atoms with van der Waals surface area (Å²) < 4.78 is 0. The van der Waals surface area contributed by atoms with E-state index >= 15 is 0 Å². The number of nitrogens with zero attached hydrogens (tertiary/aromatic N) is 2. The van der Waals surface area contributed by atoms with Crippen LogP contribution < -0.4 is 4.90 Å². The lowest BCUT2D eigenvalue weighted by Gasteiger charge is -2.18. The Balaban J connectivity index is 2.23. The van der Waals surface area contributed by atoms with Crippen LogP contribution >= 0.6 is 11.3 Å². The fourth-order valence-corrected chi connectivity index (χ4v) is 2.98. The van der Waals surface area contributed by atoms with Gasteiger partial charge in [-0.1, -0.05) is 11.3 Å². The van der Waals surface area contributed by atoms with Crippen LogP contribution in [0.3, 0.4) is 0 Å². The van der Waals surface area contributed by atoms with Crippen molar-refractivity contribution in [2.24, 2.45) is 0 Å². The largest absolute Gasteiger partial charge is 0.388 e. The van der Waals surface area contributed by atoms with Gasteiger partial charge < -0.3 is 10.0 Å². The minimum absolute atomic E-state index is 0.394. The Kier molecular flexibility index (Phi) is 2.98. The molecule has 0 aromatic carbocycles. The molecule has 1 atom stereocenters. The SMILES string of the molecule is CCN(c1nc(C)c(C(C)O)s1)C1CC1. The van der Waals surface area contributed by atoms with Crippen molar-refractivity contribution < 1.29 is 5.11 Å². The number of aliphatic hydroxyl groups excluding tert-OH is 1. The highest BCUT2D eigenvalue weighted by molar-refractivity contribution is 7.15. The molecule has 0 saturated heterocycles. The van der Waals surface area contributed by atoms with Crippen LogP contribution in [0.15, 0.2) is 0 Å². The predicted octanol–water partition coefficient (Wildman–Crippen LogP) is 2.49. The standard InChI is InChI=1S/C11H18N2OS/c1-4-13(9-5-6-9)11-12-7(2)10(15-11)8(3)14/h8-9,14H,4-6H2,1-3H3. The molecule has 0 radical (unpaired) electrons. The Morgan fingerprint density at radius 3 is 2.67 bits per heavy atom. The zero-order valence-corrected chi connectivity index (χ0v) is 10.3. The summed E-state index contributed by atoms with van der Waals surface area (Å²) in [5.41, 5.74) is 0.976. The molecule has 0 bridgehead atoms. The fourth-order valence-electron chi connectivity index (χ4n) is 1.84. The molecule has 0 spiro atoms. The normalized spacial score (nSPS) is 17.9. The van der Waals surface area contributed by atoms with Crippen LogP contribution in [0.5, 0.6) is 0 Å². The molecule has 1 fully saturated rings.